The zero-order valence-corrected chi connectivity index (χ0v) is 16.2. The summed E-state index contributed by atoms with van der Waals surface area (Å²) >= 11 is 6.20. The van der Waals surface area contributed by atoms with Crippen LogP contribution in [0.15, 0.2) is 24.3 Å². The maximum atomic E-state index is 11.6. The lowest BCUT2D eigenvalue weighted by Gasteiger charge is -2.11. The van der Waals surface area contributed by atoms with Crippen LogP contribution in [0.4, 0.5) is 5.69 Å². The standard InChI is InChI=1S/C18H22ClN5O3/c1-4-11(2)18(25)27-10-26-9-20-14-7-5-6-13(8-14)16-21-17-15(19)12(3)22-24(17)23-16/h5-8,11,20H,4,9-10H2,1-3H3,(H,21,23). The number of esters is 1. The van der Waals surface area contributed by atoms with Crippen LogP contribution < -0.4 is 5.32 Å². The molecule has 0 saturated heterocycles. The molecule has 27 heavy (non-hydrogen) atoms. The van der Waals surface area contributed by atoms with E-state index < -0.39 is 0 Å². The van der Waals surface area contributed by atoms with Crippen LogP contribution in [0.5, 0.6) is 0 Å². The molecular weight excluding hydrogens is 370 g/mol. The summed E-state index contributed by atoms with van der Waals surface area (Å²) in [5, 5.41) is 12.3. The van der Waals surface area contributed by atoms with Crippen LogP contribution >= 0.6 is 11.6 Å². The van der Waals surface area contributed by atoms with Crippen molar-refractivity contribution >= 4 is 28.9 Å². The number of aromatic amines is 1. The number of ether oxygens (including phenoxy) is 2. The number of carbonyl (C=O) groups excluding carboxylic acids is 1. The first-order valence-corrected chi connectivity index (χ1v) is 9.07. The predicted molar refractivity (Wildman–Crippen MR) is 103 cm³/mol. The highest BCUT2D eigenvalue weighted by Gasteiger charge is 2.13. The van der Waals surface area contributed by atoms with Gasteiger partial charge in [-0.05, 0) is 25.5 Å². The highest BCUT2D eigenvalue weighted by Crippen LogP contribution is 2.24. The van der Waals surface area contributed by atoms with Gasteiger partial charge in [0, 0.05) is 11.3 Å². The third-order valence-electron chi connectivity index (χ3n) is 4.22. The van der Waals surface area contributed by atoms with Gasteiger partial charge in [0.1, 0.15) is 11.8 Å². The normalized spacial score (nSPS) is 12.3. The average Bonchev–Trinajstić information content (AvgIpc) is 3.20. The molecule has 0 aliphatic heterocycles. The summed E-state index contributed by atoms with van der Waals surface area (Å²) in [5.74, 6) is 0.285. The fourth-order valence-electron chi connectivity index (χ4n) is 2.40. The van der Waals surface area contributed by atoms with Crippen molar-refractivity contribution in [1.82, 2.24) is 19.8 Å². The molecule has 0 radical (unpaired) electrons. The van der Waals surface area contributed by atoms with Crippen LogP contribution in [0, 0.1) is 12.8 Å². The van der Waals surface area contributed by atoms with E-state index in [1.807, 2.05) is 45.0 Å². The Kier molecular flexibility index (Phi) is 5.98. The van der Waals surface area contributed by atoms with Gasteiger partial charge in [-0.1, -0.05) is 37.6 Å². The molecule has 0 aliphatic carbocycles. The molecule has 0 spiro atoms. The summed E-state index contributed by atoms with van der Waals surface area (Å²) < 4.78 is 11.8. The molecule has 1 aromatic carbocycles. The van der Waals surface area contributed by atoms with E-state index in [-0.39, 0.29) is 25.4 Å². The molecule has 3 aromatic rings. The number of aryl methyl sites for hydroxylation is 1. The molecule has 2 heterocycles. The number of benzene rings is 1. The molecule has 144 valence electrons. The minimum atomic E-state index is -0.253. The molecule has 1 atom stereocenters. The van der Waals surface area contributed by atoms with Gasteiger partial charge in [-0.25, -0.2) is 0 Å². The highest BCUT2D eigenvalue weighted by atomic mass is 35.5. The van der Waals surface area contributed by atoms with Crippen molar-refractivity contribution in [2.45, 2.75) is 27.2 Å². The van der Waals surface area contributed by atoms with Crippen LogP contribution in [0.3, 0.4) is 0 Å². The molecule has 3 rings (SSSR count). The average molecular weight is 392 g/mol. The number of hydrogen-bond acceptors (Lipinski definition) is 6. The first-order chi connectivity index (χ1) is 13.0. The van der Waals surface area contributed by atoms with E-state index in [0.717, 1.165) is 23.4 Å². The second-order valence-electron chi connectivity index (χ2n) is 6.21. The molecule has 2 aromatic heterocycles. The van der Waals surface area contributed by atoms with Gasteiger partial charge >= 0.3 is 5.97 Å². The van der Waals surface area contributed by atoms with Crippen molar-refractivity contribution in [3.8, 4) is 11.4 Å². The number of nitrogens with one attached hydrogen (secondary N) is 2. The Hall–Kier alpha value is -2.58. The lowest BCUT2D eigenvalue weighted by Crippen LogP contribution is -2.17. The number of halogens is 1. The van der Waals surface area contributed by atoms with Crippen molar-refractivity contribution in [2.24, 2.45) is 5.92 Å². The summed E-state index contributed by atoms with van der Waals surface area (Å²) in [6.07, 6.45) is 0.742. The van der Waals surface area contributed by atoms with Crippen molar-refractivity contribution in [1.29, 1.82) is 0 Å². The van der Waals surface area contributed by atoms with Crippen LogP contribution in [-0.4, -0.2) is 39.3 Å². The minimum absolute atomic E-state index is 0.0803. The molecule has 0 saturated carbocycles. The third-order valence-corrected chi connectivity index (χ3v) is 4.67. The summed E-state index contributed by atoms with van der Waals surface area (Å²) in [5.41, 5.74) is 3.11. The number of fused-ring (bicyclic) bond motifs is 1. The maximum Gasteiger partial charge on any atom is 0.310 e. The van der Waals surface area contributed by atoms with Gasteiger partial charge in [0.05, 0.1) is 11.6 Å². The third kappa shape index (κ3) is 4.40. The molecule has 0 bridgehead atoms. The molecule has 8 nitrogen and oxygen atoms in total. The van der Waals surface area contributed by atoms with Crippen LogP contribution in [0.1, 0.15) is 26.0 Å². The number of anilines is 1. The Morgan fingerprint density at radius 1 is 1.41 bits per heavy atom. The number of nitrogens with zero attached hydrogens (tertiary/aromatic N) is 3. The molecule has 9 heteroatoms. The predicted octanol–water partition coefficient (Wildman–Crippen LogP) is 3.62. The van der Waals surface area contributed by atoms with E-state index in [1.165, 1.54) is 4.63 Å². The van der Waals surface area contributed by atoms with Crippen molar-refractivity contribution in [2.75, 3.05) is 18.8 Å². The number of hydrogen-bond donors (Lipinski definition) is 2. The monoisotopic (exact) mass is 391 g/mol. The lowest BCUT2D eigenvalue weighted by molar-refractivity contribution is -0.160. The van der Waals surface area contributed by atoms with Crippen LogP contribution in [0.25, 0.3) is 17.0 Å². The van der Waals surface area contributed by atoms with Gasteiger partial charge in [-0.2, -0.15) is 5.10 Å². The lowest BCUT2D eigenvalue weighted by atomic mass is 10.1. The largest absolute Gasteiger partial charge is 0.438 e. The fraction of sp³-hybridized carbons (Fsp3) is 0.389. The molecule has 2 N–H and O–H groups in total. The van der Waals surface area contributed by atoms with Gasteiger partial charge in [0.2, 0.25) is 0 Å². The van der Waals surface area contributed by atoms with E-state index in [9.17, 15) is 4.79 Å². The Morgan fingerprint density at radius 2 is 2.22 bits per heavy atom. The first-order valence-electron chi connectivity index (χ1n) is 8.69. The molecule has 0 fully saturated rings. The zero-order chi connectivity index (χ0) is 19.4. The summed E-state index contributed by atoms with van der Waals surface area (Å²) in [4.78, 5) is 14.7. The van der Waals surface area contributed by atoms with Crippen molar-refractivity contribution in [3.63, 3.8) is 0 Å². The number of aromatic nitrogens is 4. The van der Waals surface area contributed by atoms with E-state index in [2.05, 4.69) is 20.5 Å². The summed E-state index contributed by atoms with van der Waals surface area (Å²) in [6.45, 7) is 5.72. The molecular formula is C18H22ClN5O3. The van der Waals surface area contributed by atoms with E-state index in [0.29, 0.717) is 16.5 Å². The summed E-state index contributed by atoms with van der Waals surface area (Å²) in [7, 11) is 0. The Bertz CT molecular complexity index is 936. The van der Waals surface area contributed by atoms with Gasteiger partial charge < -0.3 is 19.8 Å². The smallest absolute Gasteiger partial charge is 0.310 e. The maximum absolute atomic E-state index is 11.6. The Labute approximate surface area is 161 Å². The van der Waals surface area contributed by atoms with E-state index in [1.54, 1.807) is 0 Å². The van der Waals surface area contributed by atoms with Crippen molar-refractivity contribution < 1.29 is 14.3 Å². The number of H-pyrrole nitrogens is 1. The number of rotatable bonds is 8. The van der Waals surface area contributed by atoms with Gasteiger partial charge in [-0.3, -0.25) is 4.79 Å². The summed E-state index contributed by atoms with van der Waals surface area (Å²) in [6, 6.07) is 7.66. The number of carbonyl (C=O) groups is 1. The highest BCUT2D eigenvalue weighted by molar-refractivity contribution is 6.34. The van der Waals surface area contributed by atoms with Crippen LogP contribution in [-0.2, 0) is 14.3 Å². The first kappa shape index (κ1) is 19.2. The second kappa shape index (κ2) is 8.41. The van der Waals surface area contributed by atoms with E-state index >= 15 is 0 Å². The SMILES string of the molecule is CCC(C)C(=O)OCOCNc1cccc(-c2nn3nc(C)c(Cl)c3[nH]2)c1. The van der Waals surface area contributed by atoms with Gasteiger partial charge in [0.15, 0.2) is 18.3 Å². The topological polar surface area (TPSA) is 93.5 Å². The van der Waals surface area contributed by atoms with Crippen LogP contribution in [0.2, 0.25) is 5.02 Å². The molecule has 0 aliphatic rings. The fourth-order valence-corrected chi connectivity index (χ4v) is 2.56. The van der Waals surface area contributed by atoms with E-state index in [4.69, 9.17) is 21.1 Å². The molecule has 0 amide bonds. The Balaban J connectivity index is 1.56. The van der Waals surface area contributed by atoms with Gasteiger partial charge in [0.25, 0.3) is 0 Å². The minimum Gasteiger partial charge on any atom is -0.438 e. The van der Waals surface area contributed by atoms with Gasteiger partial charge in [-0.15, -0.1) is 9.73 Å². The Morgan fingerprint density at radius 3 is 2.96 bits per heavy atom. The second-order valence-corrected chi connectivity index (χ2v) is 6.59. The quantitative estimate of drug-likeness (QED) is 0.346. The zero-order valence-electron chi connectivity index (χ0n) is 15.5. The van der Waals surface area contributed by atoms with Crippen molar-refractivity contribution in [3.05, 3.63) is 35.0 Å². The molecule has 1 unspecified atom stereocenters.